The highest BCUT2D eigenvalue weighted by Crippen LogP contribution is 2.27. The zero-order chi connectivity index (χ0) is 19.7. The van der Waals surface area contributed by atoms with Crippen LogP contribution in [0.15, 0.2) is 33.5 Å². The van der Waals surface area contributed by atoms with Crippen LogP contribution in [0.4, 0.5) is 0 Å². The summed E-state index contributed by atoms with van der Waals surface area (Å²) in [6.07, 6.45) is 1.02. The van der Waals surface area contributed by atoms with E-state index in [2.05, 4.69) is 5.32 Å². The van der Waals surface area contributed by atoms with Crippen LogP contribution in [-0.4, -0.2) is 55.3 Å². The molecule has 0 saturated carbocycles. The second-order valence-electron chi connectivity index (χ2n) is 7.58. The van der Waals surface area contributed by atoms with Crippen LogP contribution in [0.5, 0.6) is 5.75 Å². The van der Waals surface area contributed by atoms with Gasteiger partial charge in [-0.1, -0.05) is 6.92 Å². The number of carbonyl (C=O) groups excluding carboxylic acids is 1. The largest absolute Gasteiger partial charge is 0.481 e. The number of nitrogens with zero attached hydrogens (tertiary/aromatic N) is 1. The van der Waals surface area contributed by atoms with E-state index >= 15 is 0 Å². The molecule has 3 heterocycles. The average molecular weight is 386 g/mol. The second-order valence-corrected chi connectivity index (χ2v) is 7.58. The molecule has 1 N–H and O–H groups in total. The van der Waals surface area contributed by atoms with Crippen molar-refractivity contribution in [2.24, 2.45) is 0 Å². The van der Waals surface area contributed by atoms with Gasteiger partial charge in [0.15, 0.2) is 6.10 Å². The molecular weight excluding hydrogens is 360 g/mol. The Morgan fingerprint density at radius 1 is 1.39 bits per heavy atom. The Balaban J connectivity index is 1.49. The van der Waals surface area contributed by atoms with Crippen molar-refractivity contribution in [2.45, 2.75) is 38.4 Å². The van der Waals surface area contributed by atoms with Gasteiger partial charge >= 0.3 is 5.63 Å². The molecule has 1 aromatic carbocycles. The molecule has 2 saturated heterocycles. The third kappa shape index (κ3) is 3.64. The number of morpholine rings is 1. The normalized spacial score (nSPS) is 23.3. The number of rotatable bonds is 4. The summed E-state index contributed by atoms with van der Waals surface area (Å²) in [5, 5.41) is 4.20. The minimum absolute atomic E-state index is 0.0570. The highest BCUT2D eigenvalue weighted by molar-refractivity contribution is 5.83. The molecule has 28 heavy (non-hydrogen) atoms. The number of hydrogen-bond acceptors (Lipinski definition) is 6. The molecule has 0 bridgehead atoms. The van der Waals surface area contributed by atoms with E-state index in [1.807, 2.05) is 24.0 Å². The predicted octanol–water partition coefficient (Wildman–Crippen LogP) is 1.71. The van der Waals surface area contributed by atoms with E-state index in [4.69, 9.17) is 13.9 Å². The van der Waals surface area contributed by atoms with Gasteiger partial charge in [-0.25, -0.2) is 4.79 Å². The number of hydrogen-bond donors (Lipinski definition) is 1. The summed E-state index contributed by atoms with van der Waals surface area (Å²) in [5.41, 5.74) is 0.764. The molecule has 2 fully saturated rings. The number of ether oxygens (including phenoxy) is 2. The number of carbonyl (C=O) groups is 1. The quantitative estimate of drug-likeness (QED) is 0.806. The van der Waals surface area contributed by atoms with E-state index < -0.39 is 6.10 Å². The molecule has 7 nitrogen and oxygen atoms in total. The maximum absolute atomic E-state index is 12.9. The van der Waals surface area contributed by atoms with Crippen LogP contribution in [0.25, 0.3) is 11.0 Å². The second kappa shape index (κ2) is 7.56. The number of amides is 1. The van der Waals surface area contributed by atoms with E-state index in [-0.39, 0.29) is 17.1 Å². The van der Waals surface area contributed by atoms with Gasteiger partial charge in [-0.05, 0) is 44.0 Å². The molecule has 1 amide bonds. The predicted molar refractivity (Wildman–Crippen MR) is 105 cm³/mol. The summed E-state index contributed by atoms with van der Waals surface area (Å²) in [7, 11) is 0. The zero-order valence-electron chi connectivity index (χ0n) is 16.3. The van der Waals surface area contributed by atoms with Gasteiger partial charge in [0, 0.05) is 30.6 Å². The molecular formula is C21H26N2O5. The van der Waals surface area contributed by atoms with Gasteiger partial charge in [0.1, 0.15) is 11.3 Å². The van der Waals surface area contributed by atoms with Crippen molar-refractivity contribution in [1.82, 2.24) is 10.2 Å². The molecule has 2 unspecified atom stereocenters. The third-order valence-electron chi connectivity index (χ3n) is 5.61. The van der Waals surface area contributed by atoms with Crippen LogP contribution in [0.2, 0.25) is 0 Å². The molecule has 150 valence electrons. The summed E-state index contributed by atoms with van der Waals surface area (Å²) in [6.45, 7) is 7.13. The monoisotopic (exact) mass is 386 g/mol. The summed E-state index contributed by atoms with van der Waals surface area (Å²) in [6, 6.07) is 6.88. The van der Waals surface area contributed by atoms with E-state index in [1.54, 1.807) is 13.0 Å². The maximum atomic E-state index is 12.9. The summed E-state index contributed by atoms with van der Waals surface area (Å²) < 4.78 is 17.2. The third-order valence-corrected chi connectivity index (χ3v) is 5.61. The smallest absolute Gasteiger partial charge is 0.336 e. The Labute approximate surface area is 163 Å². The van der Waals surface area contributed by atoms with Crippen molar-refractivity contribution in [3.63, 3.8) is 0 Å². The minimum atomic E-state index is -0.636. The Morgan fingerprint density at radius 3 is 3.00 bits per heavy atom. The molecule has 0 aliphatic carbocycles. The Kier molecular flexibility index (Phi) is 5.12. The highest BCUT2D eigenvalue weighted by atomic mass is 16.5. The van der Waals surface area contributed by atoms with Gasteiger partial charge in [-0.3, -0.25) is 4.79 Å². The van der Waals surface area contributed by atoms with Crippen LogP contribution in [0, 0.1) is 0 Å². The van der Waals surface area contributed by atoms with Gasteiger partial charge in [0.25, 0.3) is 5.91 Å². The topological polar surface area (TPSA) is 81.0 Å². The summed E-state index contributed by atoms with van der Waals surface area (Å²) >= 11 is 0. The van der Waals surface area contributed by atoms with Crippen molar-refractivity contribution < 1.29 is 18.7 Å². The molecule has 2 aliphatic heterocycles. The molecule has 2 aliphatic rings. The molecule has 2 atom stereocenters. The van der Waals surface area contributed by atoms with Crippen LogP contribution < -0.4 is 15.7 Å². The van der Waals surface area contributed by atoms with E-state index in [0.717, 1.165) is 36.9 Å². The van der Waals surface area contributed by atoms with Crippen molar-refractivity contribution >= 4 is 16.9 Å². The first-order chi connectivity index (χ1) is 13.5. The van der Waals surface area contributed by atoms with Crippen LogP contribution in [0.1, 0.15) is 25.8 Å². The Morgan fingerprint density at radius 2 is 2.25 bits per heavy atom. The lowest BCUT2D eigenvalue weighted by Crippen LogP contribution is -2.56. The van der Waals surface area contributed by atoms with Crippen molar-refractivity contribution in [3.8, 4) is 5.75 Å². The highest BCUT2D eigenvalue weighted by Gasteiger charge is 2.41. The zero-order valence-corrected chi connectivity index (χ0v) is 16.3. The molecule has 4 rings (SSSR count). The van der Waals surface area contributed by atoms with Crippen LogP contribution in [0.3, 0.4) is 0 Å². The number of nitrogens with one attached hydrogen (secondary N) is 1. The first-order valence-electron chi connectivity index (χ1n) is 9.87. The number of fused-ring (bicyclic) bond motifs is 1. The average Bonchev–Trinajstić information content (AvgIpc) is 3.13. The van der Waals surface area contributed by atoms with Gasteiger partial charge < -0.3 is 24.1 Å². The lowest BCUT2D eigenvalue weighted by atomic mass is 10.0. The molecule has 1 aromatic heterocycles. The minimum Gasteiger partial charge on any atom is -0.481 e. The van der Waals surface area contributed by atoms with Crippen LogP contribution in [-0.2, 0) is 16.0 Å². The first-order valence-corrected chi connectivity index (χ1v) is 9.87. The van der Waals surface area contributed by atoms with Gasteiger partial charge in [0.2, 0.25) is 0 Å². The van der Waals surface area contributed by atoms with Gasteiger partial charge in [-0.15, -0.1) is 0 Å². The summed E-state index contributed by atoms with van der Waals surface area (Å²) in [5.74, 6) is 0.452. The van der Waals surface area contributed by atoms with Crippen molar-refractivity contribution in [1.29, 1.82) is 0 Å². The SMILES string of the molecule is CCc1cc(=O)oc2cc(OC(C)C(=O)N3CCOC4(CCNC4)C3)ccc12. The van der Waals surface area contributed by atoms with Crippen LogP contribution >= 0.6 is 0 Å². The van der Waals surface area contributed by atoms with Gasteiger partial charge in [0.05, 0.1) is 18.8 Å². The van der Waals surface area contributed by atoms with Gasteiger partial charge in [-0.2, -0.15) is 0 Å². The maximum Gasteiger partial charge on any atom is 0.336 e. The lowest BCUT2D eigenvalue weighted by molar-refractivity contribution is -0.153. The Hall–Kier alpha value is -2.38. The molecule has 7 heteroatoms. The fourth-order valence-corrected chi connectivity index (χ4v) is 4.10. The standard InChI is InChI=1S/C21H26N2O5/c1-3-15-10-19(24)28-18-11-16(4-5-17(15)18)27-14(2)20(25)23-8-9-26-21(13-23)6-7-22-12-21/h4-5,10-11,14,22H,3,6-9,12-13H2,1-2H3. The summed E-state index contributed by atoms with van der Waals surface area (Å²) in [4.78, 5) is 26.5. The Bertz CT molecular complexity index is 932. The molecule has 2 aromatic rings. The fraction of sp³-hybridized carbons (Fsp3) is 0.524. The molecule has 0 radical (unpaired) electrons. The van der Waals surface area contributed by atoms with Crippen molar-refractivity contribution in [2.75, 3.05) is 32.8 Å². The number of benzene rings is 1. The van der Waals surface area contributed by atoms with E-state index in [1.165, 1.54) is 6.07 Å². The molecule has 1 spiro atoms. The van der Waals surface area contributed by atoms with E-state index in [9.17, 15) is 9.59 Å². The number of aryl methyl sites for hydroxylation is 1. The fourth-order valence-electron chi connectivity index (χ4n) is 4.10. The first kappa shape index (κ1) is 19.0. The lowest BCUT2D eigenvalue weighted by Gasteiger charge is -2.40. The van der Waals surface area contributed by atoms with Crippen molar-refractivity contribution in [3.05, 3.63) is 40.2 Å². The van der Waals surface area contributed by atoms with E-state index in [0.29, 0.717) is 31.0 Å².